The maximum Gasteiger partial charge on any atom is 0.246 e. The number of benzene rings is 2. The highest BCUT2D eigenvalue weighted by molar-refractivity contribution is 7.89. The van der Waals surface area contributed by atoms with Crippen molar-refractivity contribution >= 4 is 39.1 Å². The van der Waals surface area contributed by atoms with Crippen LogP contribution in [0.3, 0.4) is 0 Å². The fourth-order valence-electron chi connectivity index (χ4n) is 3.54. The third-order valence-corrected chi connectivity index (χ3v) is 7.99. The van der Waals surface area contributed by atoms with Gasteiger partial charge in [0.1, 0.15) is 6.04 Å². The Kier molecular flexibility index (Phi) is 7.59. The molecule has 2 amide bonds. The number of hydrogen-bond acceptors (Lipinski definition) is 4. The van der Waals surface area contributed by atoms with Crippen molar-refractivity contribution in [2.75, 3.05) is 18.4 Å². The van der Waals surface area contributed by atoms with Gasteiger partial charge in [-0.3, -0.25) is 9.59 Å². The lowest BCUT2D eigenvalue weighted by Gasteiger charge is -2.31. The molecule has 1 unspecified atom stereocenters. The summed E-state index contributed by atoms with van der Waals surface area (Å²) in [6.07, 6.45) is 0.803. The van der Waals surface area contributed by atoms with Crippen molar-refractivity contribution in [2.45, 2.75) is 44.6 Å². The van der Waals surface area contributed by atoms with Crippen LogP contribution in [-0.2, 0) is 19.6 Å². The Morgan fingerprint density at radius 3 is 2.28 bits per heavy atom. The average Bonchev–Trinajstić information content (AvgIpc) is 2.76. The second-order valence-electron chi connectivity index (χ2n) is 8.17. The van der Waals surface area contributed by atoms with E-state index in [1.165, 1.54) is 4.31 Å². The molecule has 9 heteroatoms. The van der Waals surface area contributed by atoms with Crippen molar-refractivity contribution < 1.29 is 18.0 Å². The van der Waals surface area contributed by atoms with Crippen molar-refractivity contribution in [1.29, 1.82) is 0 Å². The van der Waals surface area contributed by atoms with Gasteiger partial charge in [0, 0.05) is 29.7 Å². The van der Waals surface area contributed by atoms with E-state index in [1.54, 1.807) is 49.4 Å². The van der Waals surface area contributed by atoms with Crippen molar-refractivity contribution in [1.82, 2.24) is 9.62 Å². The van der Waals surface area contributed by atoms with Gasteiger partial charge in [0.15, 0.2) is 0 Å². The molecule has 1 aliphatic heterocycles. The first-order valence-corrected chi connectivity index (χ1v) is 12.3. The predicted molar refractivity (Wildman–Crippen MR) is 125 cm³/mol. The molecule has 1 heterocycles. The highest BCUT2D eigenvalue weighted by Gasteiger charge is 2.32. The van der Waals surface area contributed by atoms with Crippen molar-refractivity contribution in [3.63, 3.8) is 0 Å². The summed E-state index contributed by atoms with van der Waals surface area (Å²) < 4.78 is 27.1. The molecule has 1 fully saturated rings. The molecule has 32 heavy (non-hydrogen) atoms. The molecule has 1 aliphatic rings. The molecular weight excluding hydrogens is 450 g/mol. The molecule has 0 bridgehead atoms. The lowest BCUT2D eigenvalue weighted by Crippen LogP contribution is -2.47. The first-order valence-electron chi connectivity index (χ1n) is 10.5. The first kappa shape index (κ1) is 24.2. The maximum atomic E-state index is 12.8. The van der Waals surface area contributed by atoms with Crippen LogP contribution in [0.25, 0.3) is 0 Å². The van der Waals surface area contributed by atoms with Gasteiger partial charge in [-0.05, 0) is 63.4 Å². The summed E-state index contributed by atoms with van der Waals surface area (Å²) >= 11 is 6.08. The fourth-order valence-corrected chi connectivity index (χ4v) is 5.19. The highest BCUT2D eigenvalue weighted by Crippen LogP contribution is 2.24. The van der Waals surface area contributed by atoms with E-state index in [2.05, 4.69) is 10.6 Å². The van der Waals surface area contributed by atoms with E-state index in [0.29, 0.717) is 23.6 Å². The predicted octanol–water partition coefficient (Wildman–Crippen LogP) is 3.50. The number of amides is 2. The van der Waals surface area contributed by atoms with E-state index in [-0.39, 0.29) is 35.7 Å². The number of nitrogens with zero attached hydrogens (tertiary/aromatic N) is 1. The van der Waals surface area contributed by atoms with Crippen molar-refractivity contribution in [2.24, 2.45) is 5.92 Å². The number of aryl methyl sites for hydroxylation is 2. The minimum Gasteiger partial charge on any atom is -0.344 e. The molecule has 1 atom stereocenters. The molecule has 2 aromatic carbocycles. The van der Waals surface area contributed by atoms with Crippen LogP contribution in [0.5, 0.6) is 0 Å². The summed E-state index contributed by atoms with van der Waals surface area (Å²) in [5.41, 5.74) is 2.45. The SMILES string of the molecule is Cc1ccc(S(=O)(=O)N2CCC(C(=O)NC(C)C(=O)Nc3ccc(C)c(Cl)c3)CC2)cc1. The van der Waals surface area contributed by atoms with E-state index in [9.17, 15) is 18.0 Å². The number of piperidine rings is 1. The van der Waals surface area contributed by atoms with E-state index in [0.717, 1.165) is 11.1 Å². The zero-order valence-corrected chi connectivity index (χ0v) is 20.0. The topological polar surface area (TPSA) is 95.6 Å². The smallest absolute Gasteiger partial charge is 0.246 e. The molecule has 1 saturated heterocycles. The Morgan fingerprint density at radius 2 is 1.69 bits per heavy atom. The molecule has 2 aromatic rings. The summed E-state index contributed by atoms with van der Waals surface area (Å²) in [6, 6.07) is 11.2. The van der Waals surface area contributed by atoms with Crippen molar-refractivity contribution in [3.05, 3.63) is 58.6 Å². The minimum absolute atomic E-state index is 0.248. The van der Waals surface area contributed by atoms with Gasteiger partial charge >= 0.3 is 0 Å². The van der Waals surface area contributed by atoms with Crippen LogP contribution in [0.2, 0.25) is 5.02 Å². The number of halogens is 1. The lowest BCUT2D eigenvalue weighted by molar-refractivity contribution is -0.129. The van der Waals surface area contributed by atoms with Gasteiger partial charge in [0.25, 0.3) is 0 Å². The second-order valence-corrected chi connectivity index (χ2v) is 10.5. The summed E-state index contributed by atoms with van der Waals surface area (Å²) in [5.74, 6) is -0.942. The molecule has 0 radical (unpaired) electrons. The van der Waals surface area contributed by atoms with Crippen LogP contribution in [0.15, 0.2) is 47.4 Å². The molecule has 7 nitrogen and oxygen atoms in total. The number of carbonyl (C=O) groups is 2. The summed E-state index contributed by atoms with van der Waals surface area (Å²) in [7, 11) is -3.58. The molecule has 3 rings (SSSR count). The normalized spacial score (nSPS) is 16.4. The Morgan fingerprint density at radius 1 is 1.06 bits per heavy atom. The first-order chi connectivity index (χ1) is 15.1. The van der Waals surface area contributed by atoms with E-state index in [1.807, 2.05) is 13.8 Å². The quantitative estimate of drug-likeness (QED) is 0.665. The van der Waals surface area contributed by atoms with Crippen LogP contribution in [0.4, 0.5) is 5.69 Å². The zero-order chi connectivity index (χ0) is 23.5. The average molecular weight is 478 g/mol. The number of nitrogens with one attached hydrogen (secondary N) is 2. The number of hydrogen-bond donors (Lipinski definition) is 2. The van der Waals surface area contributed by atoms with Crippen LogP contribution < -0.4 is 10.6 Å². The lowest BCUT2D eigenvalue weighted by atomic mass is 9.97. The molecule has 0 aromatic heterocycles. The van der Waals surface area contributed by atoms with Crippen LogP contribution >= 0.6 is 11.6 Å². The van der Waals surface area contributed by atoms with Gasteiger partial charge in [-0.15, -0.1) is 0 Å². The van der Waals surface area contributed by atoms with Gasteiger partial charge in [0.05, 0.1) is 4.90 Å². The molecule has 2 N–H and O–H groups in total. The van der Waals surface area contributed by atoms with Crippen LogP contribution in [0, 0.1) is 19.8 Å². The monoisotopic (exact) mass is 477 g/mol. The van der Waals surface area contributed by atoms with E-state index < -0.39 is 16.1 Å². The third kappa shape index (κ3) is 5.68. The highest BCUT2D eigenvalue weighted by atomic mass is 35.5. The number of carbonyl (C=O) groups excluding carboxylic acids is 2. The van der Waals surface area contributed by atoms with Crippen LogP contribution in [-0.4, -0.2) is 43.7 Å². The molecule has 0 spiro atoms. The number of rotatable bonds is 6. The minimum atomic E-state index is -3.58. The zero-order valence-electron chi connectivity index (χ0n) is 18.4. The second kappa shape index (κ2) is 10.0. The van der Waals surface area contributed by atoms with E-state index >= 15 is 0 Å². The van der Waals surface area contributed by atoms with Gasteiger partial charge in [-0.2, -0.15) is 4.31 Å². The fraction of sp³-hybridized carbons (Fsp3) is 0.391. The largest absolute Gasteiger partial charge is 0.344 e. The Labute approximate surface area is 194 Å². The number of sulfonamides is 1. The third-order valence-electron chi connectivity index (χ3n) is 5.67. The van der Waals surface area contributed by atoms with E-state index in [4.69, 9.17) is 11.6 Å². The van der Waals surface area contributed by atoms with Gasteiger partial charge in [-0.1, -0.05) is 35.4 Å². The van der Waals surface area contributed by atoms with Gasteiger partial charge in [0.2, 0.25) is 21.8 Å². The Hall–Kier alpha value is -2.42. The summed E-state index contributed by atoms with van der Waals surface area (Å²) in [4.78, 5) is 25.3. The van der Waals surface area contributed by atoms with Gasteiger partial charge < -0.3 is 10.6 Å². The maximum absolute atomic E-state index is 12.8. The molecule has 0 saturated carbocycles. The Balaban J connectivity index is 1.53. The molecular formula is C23H28ClN3O4S. The standard InChI is InChI=1S/C23H28ClN3O4S/c1-15-4-8-20(9-5-15)32(30,31)27-12-10-18(11-13-27)23(29)25-17(3)22(28)26-19-7-6-16(2)21(24)14-19/h4-9,14,17-18H,10-13H2,1-3H3,(H,25,29)(H,26,28). The number of anilines is 1. The van der Waals surface area contributed by atoms with Gasteiger partial charge in [-0.25, -0.2) is 8.42 Å². The Bertz CT molecular complexity index is 1090. The molecule has 172 valence electrons. The van der Waals surface area contributed by atoms with Crippen LogP contribution in [0.1, 0.15) is 30.9 Å². The summed E-state index contributed by atoms with van der Waals surface area (Å²) in [6.45, 7) is 5.90. The van der Waals surface area contributed by atoms with Crippen molar-refractivity contribution in [3.8, 4) is 0 Å². The summed E-state index contributed by atoms with van der Waals surface area (Å²) in [5, 5.41) is 6.02. The molecule has 0 aliphatic carbocycles.